The molecular weight excluding hydrogens is 456 g/mol. The monoisotopic (exact) mass is 479 g/mol. The molecule has 4 rings (SSSR count). The minimum atomic E-state index is -1.07. The second-order valence-electron chi connectivity index (χ2n) is 8.11. The first-order valence-electron chi connectivity index (χ1n) is 10.8. The van der Waals surface area contributed by atoms with Crippen molar-refractivity contribution in [3.63, 3.8) is 0 Å². The number of fused-ring (bicyclic) bond motifs is 1. The summed E-state index contributed by atoms with van der Waals surface area (Å²) >= 11 is 6.60. The molecule has 0 saturated carbocycles. The number of carbonyl (C=O) groups excluding carboxylic acids is 3. The third-order valence-corrected chi connectivity index (χ3v) is 7.17. The summed E-state index contributed by atoms with van der Waals surface area (Å²) in [5, 5.41) is 10.6. The van der Waals surface area contributed by atoms with E-state index in [1.807, 2.05) is 55.5 Å². The molecule has 2 aliphatic heterocycles. The largest absolute Gasteiger partial charge is 0.550 e. The summed E-state index contributed by atoms with van der Waals surface area (Å²) in [6, 6.07) is 15.5. The fourth-order valence-electron chi connectivity index (χ4n) is 3.99. The van der Waals surface area contributed by atoms with Gasteiger partial charge < -0.3 is 14.8 Å². The normalized spacial score (nSPS) is 17.8. The van der Waals surface area contributed by atoms with Crippen LogP contribution in [0, 0.1) is 6.92 Å². The Balaban J connectivity index is 1.57. The number of carbonyl (C=O) groups is 3. The standard InChI is InChI=1S/C25H24N2O4S2/c1-16-10-12-17(13-11-16)15-27-19-8-5-4-7-18(19)21(23(27)30)22-24(31)26(25(32)33-22)14-6-2-3-9-20(28)29/h4-5,7-8,10-13H,2-3,6,9,14-15H2,1H3,(H,28,29)/p-1/b22-21-. The number of carboxylic acids is 1. The number of benzene rings is 2. The van der Waals surface area contributed by atoms with Gasteiger partial charge in [0.1, 0.15) is 4.32 Å². The van der Waals surface area contributed by atoms with Gasteiger partial charge in [-0.25, -0.2) is 0 Å². The van der Waals surface area contributed by atoms with E-state index in [-0.39, 0.29) is 18.2 Å². The van der Waals surface area contributed by atoms with Gasteiger partial charge in [0, 0.05) is 18.1 Å². The summed E-state index contributed by atoms with van der Waals surface area (Å²) in [5.74, 6) is -1.54. The van der Waals surface area contributed by atoms with Gasteiger partial charge in [0.15, 0.2) is 0 Å². The van der Waals surface area contributed by atoms with Crippen LogP contribution in [0.1, 0.15) is 42.4 Å². The van der Waals surface area contributed by atoms with Gasteiger partial charge in [0.05, 0.1) is 22.7 Å². The highest BCUT2D eigenvalue weighted by Gasteiger charge is 2.41. The molecule has 1 fully saturated rings. The lowest BCUT2D eigenvalue weighted by Gasteiger charge is -2.17. The maximum Gasteiger partial charge on any atom is 0.267 e. The fraction of sp³-hybridized carbons (Fsp3) is 0.280. The Hall–Kier alpha value is -2.97. The lowest BCUT2D eigenvalue weighted by atomic mass is 10.1. The number of carboxylic acid groups (broad SMARTS) is 1. The molecule has 33 heavy (non-hydrogen) atoms. The van der Waals surface area contributed by atoms with Crippen LogP contribution >= 0.6 is 24.0 Å². The molecule has 8 heteroatoms. The quantitative estimate of drug-likeness (QED) is 0.328. The molecule has 0 aliphatic carbocycles. The molecule has 2 amide bonds. The zero-order valence-electron chi connectivity index (χ0n) is 18.2. The Bertz CT molecular complexity index is 1160. The number of thioether (sulfide) groups is 1. The Morgan fingerprint density at radius 1 is 0.970 bits per heavy atom. The van der Waals surface area contributed by atoms with Crippen molar-refractivity contribution in [1.82, 2.24) is 4.90 Å². The lowest BCUT2D eigenvalue weighted by Crippen LogP contribution is -2.30. The van der Waals surface area contributed by atoms with Crippen molar-refractivity contribution in [2.75, 3.05) is 11.4 Å². The molecule has 0 aromatic heterocycles. The summed E-state index contributed by atoms with van der Waals surface area (Å²) < 4.78 is 0.421. The SMILES string of the molecule is Cc1ccc(CN2C(=O)/C(=C3\SC(=S)N(CCCCCC(=O)[O-])C3=O)c3ccccc32)cc1. The van der Waals surface area contributed by atoms with Crippen LogP contribution in [0.2, 0.25) is 0 Å². The van der Waals surface area contributed by atoms with Crippen LogP contribution in [0.4, 0.5) is 5.69 Å². The highest BCUT2D eigenvalue weighted by Crippen LogP contribution is 2.45. The summed E-state index contributed by atoms with van der Waals surface area (Å²) in [5.41, 5.74) is 4.08. The van der Waals surface area contributed by atoms with Crippen LogP contribution in [0.3, 0.4) is 0 Å². The molecule has 0 N–H and O–H groups in total. The van der Waals surface area contributed by atoms with Crippen LogP contribution in [0.15, 0.2) is 53.4 Å². The van der Waals surface area contributed by atoms with E-state index in [1.165, 1.54) is 4.90 Å². The second kappa shape index (κ2) is 9.89. The van der Waals surface area contributed by atoms with Gasteiger partial charge in [-0.2, -0.15) is 0 Å². The van der Waals surface area contributed by atoms with Crippen molar-refractivity contribution in [1.29, 1.82) is 0 Å². The molecule has 1 saturated heterocycles. The summed E-state index contributed by atoms with van der Waals surface area (Å²) in [6.45, 7) is 2.83. The van der Waals surface area contributed by atoms with E-state index in [0.29, 0.717) is 47.2 Å². The van der Waals surface area contributed by atoms with Crippen molar-refractivity contribution >= 4 is 57.3 Å². The molecular formula is C25H23N2O4S2-. The molecule has 2 aromatic carbocycles. The van der Waals surface area contributed by atoms with Crippen LogP contribution in [0.25, 0.3) is 5.57 Å². The second-order valence-corrected chi connectivity index (χ2v) is 9.75. The maximum atomic E-state index is 13.5. The first kappa shape index (κ1) is 23.2. The Morgan fingerprint density at radius 2 is 1.70 bits per heavy atom. The number of hydrogen-bond acceptors (Lipinski definition) is 6. The van der Waals surface area contributed by atoms with Crippen LogP contribution in [-0.4, -0.2) is 33.5 Å². The van der Waals surface area contributed by atoms with E-state index in [2.05, 4.69) is 0 Å². The Kier molecular flexibility index (Phi) is 6.95. The van der Waals surface area contributed by atoms with Crippen molar-refractivity contribution in [3.8, 4) is 0 Å². The Morgan fingerprint density at radius 3 is 2.42 bits per heavy atom. The van der Waals surface area contributed by atoms with Crippen LogP contribution < -0.4 is 10.0 Å². The van der Waals surface area contributed by atoms with Gasteiger partial charge >= 0.3 is 0 Å². The topological polar surface area (TPSA) is 80.8 Å². The minimum Gasteiger partial charge on any atom is -0.550 e. The third kappa shape index (κ3) is 4.86. The number of aryl methyl sites for hydroxylation is 1. The lowest BCUT2D eigenvalue weighted by molar-refractivity contribution is -0.305. The van der Waals surface area contributed by atoms with E-state index < -0.39 is 5.97 Å². The molecule has 0 atom stereocenters. The summed E-state index contributed by atoms with van der Waals surface area (Å²) in [6.07, 6.45) is 1.79. The van der Waals surface area contributed by atoms with Gasteiger partial charge in [-0.05, 0) is 37.8 Å². The Labute approximate surface area is 202 Å². The van der Waals surface area contributed by atoms with Gasteiger partial charge in [-0.1, -0.05) is 78.4 Å². The van der Waals surface area contributed by atoms with E-state index in [4.69, 9.17) is 12.2 Å². The molecule has 0 bridgehead atoms. The fourth-order valence-corrected chi connectivity index (χ4v) is 5.37. The predicted octanol–water partition coefficient (Wildman–Crippen LogP) is 3.42. The molecule has 2 heterocycles. The van der Waals surface area contributed by atoms with Crippen molar-refractivity contribution < 1.29 is 19.5 Å². The summed E-state index contributed by atoms with van der Waals surface area (Å²) in [4.78, 5) is 40.9. The van der Waals surface area contributed by atoms with Gasteiger partial charge in [-0.15, -0.1) is 0 Å². The average molecular weight is 480 g/mol. The number of aliphatic carboxylic acids is 1. The third-order valence-electron chi connectivity index (χ3n) is 5.72. The highest BCUT2D eigenvalue weighted by atomic mass is 32.2. The molecule has 2 aliphatic rings. The number of hydrogen-bond donors (Lipinski definition) is 0. The number of anilines is 1. The first-order valence-corrected chi connectivity index (χ1v) is 12.0. The van der Waals surface area contributed by atoms with E-state index in [1.54, 1.807) is 4.90 Å². The molecule has 0 unspecified atom stereocenters. The number of nitrogens with zero attached hydrogens (tertiary/aromatic N) is 2. The molecule has 170 valence electrons. The molecule has 2 aromatic rings. The first-order chi connectivity index (χ1) is 15.9. The van der Waals surface area contributed by atoms with Crippen LogP contribution in [-0.2, 0) is 20.9 Å². The van der Waals surface area contributed by atoms with Crippen molar-refractivity contribution in [2.45, 2.75) is 39.2 Å². The summed E-state index contributed by atoms with van der Waals surface area (Å²) in [7, 11) is 0. The number of thiocarbonyl (C=S) groups is 1. The number of rotatable bonds is 8. The number of unbranched alkanes of at least 4 members (excludes halogenated alkanes) is 2. The smallest absolute Gasteiger partial charge is 0.267 e. The van der Waals surface area contributed by atoms with Crippen molar-refractivity contribution in [3.05, 3.63) is 70.1 Å². The van der Waals surface area contributed by atoms with E-state index >= 15 is 0 Å². The van der Waals surface area contributed by atoms with Gasteiger partial charge in [-0.3, -0.25) is 14.5 Å². The predicted molar refractivity (Wildman–Crippen MR) is 131 cm³/mol. The van der Waals surface area contributed by atoms with Crippen LogP contribution in [0.5, 0.6) is 0 Å². The molecule has 0 spiro atoms. The molecule has 0 radical (unpaired) electrons. The average Bonchev–Trinajstić information content (AvgIpc) is 3.22. The van der Waals surface area contributed by atoms with Gasteiger partial charge in [0.2, 0.25) is 0 Å². The number of amides is 2. The zero-order valence-corrected chi connectivity index (χ0v) is 19.8. The van der Waals surface area contributed by atoms with Crippen molar-refractivity contribution in [2.24, 2.45) is 0 Å². The number of para-hydroxylation sites is 1. The molecule has 6 nitrogen and oxygen atoms in total. The van der Waals surface area contributed by atoms with E-state index in [0.717, 1.165) is 34.1 Å². The maximum absolute atomic E-state index is 13.5. The highest BCUT2D eigenvalue weighted by molar-refractivity contribution is 8.26. The van der Waals surface area contributed by atoms with E-state index in [9.17, 15) is 19.5 Å². The zero-order chi connectivity index (χ0) is 23.5. The van der Waals surface area contributed by atoms with Gasteiger partial charge in [0.25, 0.3) is 11.8 Å². The minimum absolute atomic E-state index is 0.00451.